The van der Waals surface area contributed by atoms with Crippen molar-refractivity contribution in [2.45, 2.75) is 58.7 Å². The summed E-state index contributed by atoms with van der Waals surface area (Å²) in [7, 11) is 0. The van der Waals surface area contributed by atoms with Crippen LogP contribution in [0.2, 0.25) is 0 Å². The minimum Gasteiger partial charge on any atom is -0.480 e. The van der Waals surface area contributed by atoms with Crippen molar-refractivity contribution in [1.29, 1.82) is 0 Å². The quantitative estimate of drug-likeness (QED) is 0.663. The molecule has 0 saturated heterocycles. The van der Waals surface area contributed by atoms with Gasteiger partial charge in [0.05, 0.1) is 11.7 Å². The van der Waals surface area contributed by atoms with E-state index in [1.54, 1.807) is 0 Å². The third kappa shape index (κ3) is 8.68. The zero-order chi connectivity index (χ0) is 12.6. The van der Waals surface area contributed by atoms with E-state index in [1.165, 1.54) is 0 Å². The first kappa shape index (κ1) is 15.4. The molecule has 0 rings (SSSR count). The van der Waals surface area contributed by atoms with Crippen LogP contribution in [0.3, 0.4) is 0 Å². The Morgan fingerprint density at radius 2 is 2.06 bits per heavy atom. The molecule has 0 heterocycles. The molecule has 0 spiro atoms. The van der Waals surface area contributed by atoms with Crippen molar-refractivity contribution in [2.24, 2.45) is 0 Å². The molecule has 0 aromatic carbocycles. The largest absolute Gasteiger partial charge is 0.480 e. The van der Waals surface area contributed by atoms with Crippen molar-refractivity contribution < 1.29 is 19.4 Å². The lowest BCUT2D eigenvalue weighted by atomic mass is 10.1. The number of hydrogen-bond acceptors (Lipinski definition) is 3. The average molecular weight is 232 g/mol. The van der Waals surface area contributed by atoms with Crippen molar-refractivity contribution in [1.82, 2.24) is 0 Å². The lowest BCUT2D eigenvalue weighted by Gasteiger charge is -2.25. The number of hydrogen-bond donors (Lipinski definition) is 1. The fourth-order valence-electron chi connectivity index (χ4n) is 1.33. The van der Waals surface area contributed by atoms with Crippen LogP contribution in [0, 0.1) is 0 Å². The molecule has 0 amide bonds. The lowest BCUT2D eigenvalue weighted by Crippen LogP contribution is -2.29. The second-order valence-corrected chi connectivity index (χ2v) is 4.66. The number of ether oxygens (including phenoxy) is 2. The van der Waals surface area contributed by atoms with Crippen molar-refractivity contribution in [3.63, 3.8) is 0 Å². The van der Waals surface area contributed by atoms with Gasteiger partial charge in [-0.15, -0.1) is 0 Å². The number of carboxylic acid groups (broad SMARTS) is 1. The molecule has 0 saturated carbocycles. The number of aliphatic carboxylic acids is 1. The first-order valence-electron chi connectivity index (χ1n) is 5.84. The molecule has 0 aliphatic carbocycles. The van der Waals surface area contributed by atoms with Crippen LogP contribution < -0.4 is 0 Å². The second-order valence-electron chi connectivity index (χ2n) is 4.66. The van der Waals surface area contributed by atoms with E-state index in [2.05, 4.69) is 13.8 Å². The maximum atomic E-state index is 10.4. The van der Waals surface area contributed by atoms with Crippen LogP contribution in [0.4, 0.5) is 0 Å². The van der Waals surface area contributed by atoms with Gasteiger partial charge in [0.15, 0.2) is 0 Å². The van der Waals surface area contributed by atoms with E-state index < -0.39 is 11.6 Å². The Kier molecular flexibility index (Phi) is 7.34. The standard InChI is InChI=1S/C12H24O4/c1-5-6-10(2)15-8-7-12(3,4)16-9-11(13)14/h10H,5-9H2,1-4H3,(H,13,14). The van der Waals surface area contributed by atoms with Gasteiger partial charge in [-0.3, -0.25) is 0 Å². The Balaban J connectivity index is 3.68. The van der Waals surface area contributed by atoms with Crippen molar-refractivity contribution in [3.05, 3.63) is 0 Å². The van der Waals surface area contributed by atoms with Crippen LogP contribution in [0.25, 0.3) is 0 Å². The summed E-state index contributed by atoms with van der Waals surface area (Å²) in [6, 6.07) is 0. The molecule has 0 aromatic rings. The Morgan fingerprint density at radius 3 is 2.56 bits per heavy atom. The summed E-state index contributed by atoms with van der Waals surface area (Å²) in [5.74, 6) is -0.937. The van der Waals surface area contributed by atoms with Gasteiger partial charge in [0.2, 0.25) is 0 Å². The molecule has 1 atom stereocenters. The Morgan fingerprint density at radius 1 is 1.44 bits per heavy atom. The van der Waals surface area contributed by atoms with Gasteiger partial charge in [-0.05, 0) is 33.6 Å². The molecule has 16 heavy (non-hydrogen) atoms. The number of carbonyl (C=O) groups is 1. The molecule has 96 valence electrons. The summed E-state index contributed by atoms with van der Waals surface area (Å²) < 4.78 is 10.9. The predicted molar refractivity (Wildman–Crippen MR) is 62.6 cm³/mol. The molecular formula is C12H24O4. The van der Waals surface area contributed by atoms with E-state index >= 15 is 0 Å². The zero-order valence-electron chi connectivity index (χ0n) is 10.8. The highest BCUT2D eigenvalue weighted by molar-refractivity contribution is 5.68. The summed E-state index contributed by atoms with van der Waals surface area (Å²) in [6.45, 7) is 8.28. The summed E-state index contributed by atoms with van der Waals surface area (Å²) >= 11 is 0. The first-order valence-corrected chi connectivity index (χ1v) is 5.84. The van der Waals surface area contributed by atoms with E-state index in [4.69, 9.17) is 14.6 Å². The molecule has 1 unspecified atom stereocenters. The van der Waals surface area contributed by atoms with E-state index in [0.717, 1.165) is 12.8 Å². The maximum absolute atomic E-state index is 10.4. The predicted octanol–water partition coefficient (Wildman–Crippen LogP) is 2.46. The fraction of sp³-hybridized carbons (Fsp3) is 0.917. The summed E-state index contributed by atoms with van der Waals surface area (Å²) in [5, 5.41) is 8.50. The zero-order valence-corrected chi connectivity index (χ0v) is 10.8. The third-order valence-electron chi connectivity index (χ3n) is 2.39. The molecule has 4 nitrogen and oxygen atoms in total. The first-order chi connectivity index (χ1) is 7.37. The van der Waals surface area contributed by atoms with E-state index in [1.807, 2.05) is 13.8 Å². The van der Waals surface area contributed by atoms with Gasteiger partial charge in [0.1, 0.15) is 6.61 Å². The second kappa shape index (κ2) is 7.63. The Hall–Kier alpha value is -0.610. The smallest absolute Gasteiger partial charge is 0.329 e. The molecule has 4 heteroatoms. The van der Waals surface area contributed by atoms with Crippen molar-refractivity contribution in [3.8, 4) is 0 Å². The molecule has 0 bridgehead atoms. The Bertz CT molecular complexity index is 201. The maximum Gasteiger partial charge on any atom is 0.329 e. The van der Waals surface area contributed by atoms with Crippen LogP contribution >= 0.6 is 0 Å². The highest BCUT2D eigenvalue weighted by Crippen LogP contribution is 2.15. The molecule has 1 N–H and O–H groups in total. The summed E-state index contributed by atoms with van der Waals surface area (Å²) in [4.78, 5) is 10.4. The normalized spacial score (nSPS) is 13.8. The number of carboxylic acids is 1. The van der Waals surface area contributed by atoms with Crippen LogP contribution in [0.1, 0.15) is 47.0 Å². The SMILES string of the molecule is CCCC(C)OCCC(C)(C)OCC(=O)O. The van der Waals surface area contributed by atoms with Crippen LogP contribution in [-0.4, -0.2) is 36.0 Å². The highest BCUT2D eigenvalue weighted by Gasteiger charge is 2.19. The van der Waals surface area contributed by atoms with Crippen molar-refractivity contribution >= 4 is 5.97 Å². The average Bonchev–Trinajstić information content (AvgIpc) is 2.15. The minimum atomic E-state index is -0.937. The fourth-order valence-corrected chi connectivity index (χ4v) is 1.33. The lowest BCUT2D eigenvalue weighted by molar-refractivity contribution is -0.149. The topological polar surface area (TPSA) is 55.8 Å². The van der Waals surface area contributed by atoms with Gasteiger partial charge in [-0.2, -0.15) is 0 Å². The van der Waals surface area contributed by atoms with E-state index in [-0.39, 0.29) is 12.7 Å². The van der Waals surface area contributed by atoms with Gasteiger partial charge in [0.25, 0.3) is 0 Å². The van der Waals surface area contributed by atoms with Crippen LogP contribution in [-0.2, 0) is 14.3 Å². The molecule has 0 aromatic heterocycles. The molecule has 0 radical (unpaired) electrons. The van der Waals surface area contributed by atoms with Crippen LogP contribution in [0.5, 0.6) is 0 Å². The van der Waals surface area contributed by atoms with E-state index in [0.29, 0.717) is 13.0 Å². The van der Waals surface area contributed by atoms with Crippen LogP contribution in [0.15, 0.2) is 0 Å². The third-order valence-corrected chi connectivity index (χ3v) is 2.39. The Labute approximate surface area is 97.9 Å². The van der Waals surface area contributed by atoms with Gasteiger partial charge in [0, 0.05) is 6.61 Å². The van der Waals surface area contributed by atoms with Gasteiger partial charge < -0.3 is 14.6 Å². The summed E-state index contributed by atoms with van der Waals surface area (Å²) in [5.41, 5.74) is -0.440. The molecular weight excluding hydrogens is 208 g/mol. The van der Waals surface area contributed by atoms with Gasteiger partial charge >= 0.3 is 5.97 Å². The van der Waals surface area contributed by atoms with E-state index in [9.17, 15) is 4.79 Å². The molecule has 0 aliphatic rings. The van der Waals surface area contributed by atoms with Gasteiger partial charge in [-0.25, -0.2) is 4.79 Å². The van der Waals surface area contributed by atoms with Crippen molar-refractivity contribution in [2.75, 3.05) is 13.2 Å². The molecule has 0 aliphatic heterocycles. The van der Waals surface area contributed by atoms with Gasteiger partial charge in [-0.1, -0.05) is 13.3 Å². The highest BCUT2D eigenvalue weighted by atomic mass is 16.5. The monoisotopic (exact) mass is 232 g/mol. The minimum absolute atomic E-state index is 0.252. The summed E-state index contributed by atoms with van der Waals surface area (Å²) in [6.07, 6.45) is 3.13. The number of rotatable bonds is 9. The molecule has 0 fully saturated rings.